The topological polar surface area (TPSA) is 58.4 Å². The van der Waals surface area contributed by atoms with Gasteiger partial charge in [0.25, 0.3) is 5.91 Å². The molecule has 8 heteroatoms. The molecule has 2 rings (SSSR count). The molecule has 2 amide bonds. The first-order chi connectivity index (χ1) is 12.8. The predicted octanol–water partition coefficient (Wildman–Crippen LogP) is 3.37. The van der Waals surface area contributed by atoms with Gasteiger partial charge in [-0.3, -0.25) is 9.59 Å². The number of alkyl halides is 2. The second-order valence-electron chi connectivity index (χ2n) is 5.90. The van der Waals surface area contributed by atoms with E-state index in [1.54, 1.807) is 23.1 Å². The monoisotopic (exact) mass is 376 g/mol. The van der Waals surface area contributed by atoms with Crippen LogP contribution in [0.15, 0.2) is 49.2 Å². The van der Waals surface area contributed by atoms with Crippen LogP contribution in [-0.4, -0.2) is 33.0 Å². The van der Waals surface area contributed by atoms with Crippen molar-refractivity contribution in [3.8, 4) is 0 Å². The van der Waals surface area contributed by atoms with Crippen molar-refractivity contribution in [1.82, 2.24) is 14.7 Å². The molecule has 2 aromatic rings. The van der Waals surface area contributed by atoms with Gasteiger partial charge in [-0.25, -0.2) is 4.68 Å². The summed E-state index contributed by atoms with van der Waals surface area (Å²) in [4.78, 5) is 27.0. The van der Waals surface area contributed by atoms with Crippen molar-refractivity contribution in [2.75, 3.05) is 11.4 Å². The number of carbonyl (C=O) groups excluding carboxylic acids is 2. The Morgan fingerprint density at radius 3 is 2.59 bits per heavy atom. The summed E-state index contributed by atoms with van der Waals surface area (Å²) in [6.45, 7) is 5.16. The molecule has 0 saturated carbocycles. The summed E-state index contributed by atoms with van der Waals surface area (Å²) in [6.07, 6.45) is 2.32. The average Bonchev–Trinajstić information content (AvgIpc) is 3.12. The Morgan fingerprint density at radius 1 is 1.30 bits per heavy atom. The van der Waals surface area contributed by atoms with Crippen molar-refractivity contribution in [1.29, 1.82) is 0 Å². The largest absolute Gasteiger partial charge is 0.339 e. The molecule has 0 aliphatic carbocycles. The molecule has 0 unspecified atom stereocenters. The summed E-state index contributed by atoms with van der Waals surface area (Å²) in [7, 11) is 0. The molecule has 27 heavy (non-hydrogen) atoms. The van der Waals surface area contributed by atoms with E-state index in [1.165, 1.54) is 24.1 Å². The summed E-state index contributed by atoms with van der Waals surface area (Å²) in [6, 6.07) is 8.60. The predicted molar refractivity (Wildman–Crippen MR) is 98.1 cm³/mol. The lowest BCUT2D eigenvalue weighted by Gasteiger charge is -2.23. The molecule has 0 aliphatic heterocycles. The van der Waals surface area contributed by atoms with E-state index < -0.39 is 6.55 Å². The van der Waals surface area contributed by atoms with Crippen LogP contribution < -0.4 is 4.90 Å². The standard InChI is InChI=1S/C19H22F2N4O2/c1-4-18(27)24(13-16-9-10-25(22-16)19(20)21)17-8-6-7-15(11-17)12-23(5-2)14(3)26/h4,6-11,19H,1,5,12-13H2,2-3H3. The highest BCUT2D eigenvalue weighted by molar-refractivity contribution is 6.00. The minimum absolute atomic E-state index is 0.0260. The number of halogens is 2. The van der Waals surface area contributed by atoms with Gasteiger partial charge < -0.3 is 9.80 Å². The van der Waals surface area contributed by atoms with Crippen LogP contribution in [-0.2, 0) is 22.7 Å². The van der Waals surface area contributed by atoms with E-state index >= 15 is 0 Å². The van der Waals surface area contributed by atoms with Crippen molar-refractivity contribution in [3.63, 3.8) is 0 Å². The molecule has 1 heterocycles. The van der Waals surface area contributed by atoms with Crippen LogP contribution in [0.2, 0.25) is 0 Å². The molecule has 6 nitrogen and oxygen atoms in total. The third-order valence-electron chi connectivity index (χ3n) is 4.05. The number of rotatable bonds is 8. The Bertz CT molecular complexity index is 820. The highest BCUT2D eigenvalue weighted by atomic mass is 19.3. The number of hydrogen-bond acceptors (Lipinski definition) is 3. The molecule has 144 valence electrons. The number of benzene rings is 1. The molecular weight excluding hydrogens is 354 g/mol. The van der Waals surface area contributed by atoms with Gasteiger partial charge in [-0.05, 0) is 36.8 Å². The quantitative estimate of drug-likeness (QED) is 0.664. The van der Waals surface area contributed by atoms with Gasteiger partial charge in [-0.2, -0.15) is 13.9 Å². The van der Waals surface area contributed by atoms with E-state index in [1.807, 2.05) is 13.0 Å². The van der Waals surface area contributed by atoms with Crippen molar-refractivity contribution >= 4 is 17.5 Å². The Balaban J connectivity index is 2.28. The molecule has 0 N–H and O–H groups in total. The van der Waals surface area contributed by atoms with E-state index in [9.17, 15) is 18.4 Å². The van der Waals surface area contributed by atoms with Crippen molar-refractivity contribution in [2.45, 2.75) is 33.5 Å². The van der Waals surface area contributed by atoms with E-state index in [0.29, 0.717) is 29.2 Å². The van der Waals surface area contributed by atoms with Crippen LogP contribution in [0.1, 0.15) is 31.7 Å². The lowest BCUT2D eigenvalue weighted by molar-refractivity contribution is -0.129. The molecule has 0 spiro atoms. The average molecular weight is 376 g/mol. The molecule has 0 bridgehead atoms. The van der Waals surface area contributed by atoms with Crippen LogP contribution in [0.4, 0.5) is 14.5 Å². The fourth-order valence-corrected chi connectivity index (χ4v) is 2.63. The van der Waals surface area contributed by atoms with Gasteiger partial charge in [0.05, 0.1) is 12.2 Å². The zero-order valence-corrected chi connectivity index (χ0v) is 15.3. The van der Waals surface area contributed by atoms with Crippen LogP contribution >= 0.6 is 0 Å². The Morgan fingerprint density at radius 2 is 2.04 bits per heavy atom. The minimum Gasteiger partial charge on any atom is -0.339 e. The van der Waals surface area contributed by atoms with Gasteiger partial charge in [0.15, 0.2) is 0 Å². The summed E-state index contributed by atoms with van der Waals surface area (Å²) in [5.41, 5.74) is 1.75. The Kier molecular flexibility index (Phi) is 6.81. The van der Waals surface area contributed by atoms with Gasteiger partial charge >= 0.3 is 6.55 Å². The molecule has 0 atom stereocenters. The molecule has 0 radical (unpaired) electrons. The van der Waals surface area contributed by atoms with Gasteiger partial charge in [0.2, 0.25) is 5.91 Å². The zero-order chi connectivity index (χ0) is 20.0. The smallest absolute Gasteiger partial charge is 0.333 e. The summed E-state index contributed by atoms with van der Waals surface area (Å²) in [5.74, 6) is -0.419. The van der Waals surface area contributed by atoms with Crippen LogP contribution in [0.25, 0.3) is 0 Å². The molecule has 0 saturated heterocycles. The highest BCUT2D eigenvalue weighted by Crippen LogP contribution is 2.21. The van der Waals surface area contributed by atoms with Crippen LogP contribution in [0.5, 0.6) is 0 Å². The lowest BCUT2D eigenvalue weighted by atomic mass is 10.1. The molecule has 1 aromatic carbocycles. The van der Waals surface area contributed by atoms with E-state index in [0.717, 1.165) is 11.6 Å². The molecule has 1 aromatic heterocycles. The van der Waals surface area contributed by atoms with Gasteiger partial charge in [-0.1, -0.05) is 18.7 Å². The first-order valence-electron chi connectivity index (χ1n) is 8.46. The maximum Gasteiger partial charge on any atom is 0.333 e. The Labute approximate surface area is 156 Å². The number of amides is 2. The molecule has 0 fully saturated rings. The number of anilines is 1. The fraction of sp³-hybridized carbons (Fsp3) is 0.316. The second kappa shape index (κ2) is 9.07. The van der Waals surface area contributed by atoms with Crippen LogP contribution in [0, 0.1) is 0 Å². The zero-order valence-electron chi connectivity index (χ0n) is 15.3. The van der Waals surface area contributed by atoms with Gasteiger partial charge in [-0.15, -0.1) is 0 Å². The van der Waals surface area contributed by atoms with Gasteiger partial charge in [0.1, 0.15) is 0 Å². The second-order valence-corrected chi connectivity index (χ2v) is 5.90. The highest BCUT2D eigenvalue weighted by Gasteiger charge is 2.17. The third kappa shape index (κ3) is 5.22. The SMILES string of the molecule is C=CC(=O)N(Cc1ccn(C(F)F)n1)c1cccc(CN(CC)C(C)=O)c1. The van der Waals surface area contributed by atoms with E-state index in [4.69, 9.17) is 0 Å². The maximum atomic E-state index is 12.7. The number of aromatic nitrogens is 2. The fourth-order valence-electron chi connectivity index (χ4n) is 2.63. The normalized spacial score (nSPS) is 10.7. The van der Waals surface area contributed by atoms with Crippen LogP contribution in [0.3, 0.4) is 0 Å². The van der Waals surface area contributed by atoms with Crippen molar-refractivity contribution in [2.24, 2.45) is 0 Å². The lowest BCUT2D eigenvalue weighted by Crippen LogP contribution is -2.30. The summed E-state index contributed by atoms with van der Waals surface area (Å²) < 4.78 is 26.0. The van der Waals surface area contributed by atoms with Gasteiger partial charge in [0, 0.05) is 31.9 Å². The first-order valence-corrected chi connectivity index (χ1v) is 8.46. The number of hydrogen-bond donors (Lipinski definition) is 0. The third-order valence-corrected chi connectivity index (χ3v) is 4.05. The molecular formula is C19H22F2N4O2. The van der Waals surface area contributed by atoms with E-state index in [-0.39, 0.29) is 18.4 Å². The number of carbonyl (C=O) groups is 2. The van der Waals surface area contributed by atoms with Crippen molar-refractivity contribution < 1.29 is 18.4 Å². The number of nitrogens with zero attached hydrogens (tertiary/aromatic N) is 4. The first kappa shape index (κ1) is 20.3. The maximum absolute atomic E-state index is 12.7. The Hall–Kier alpha value is -3.03. The van der Waals surface area contributed by atoms with Crippen molar-refractivity contribution in [3.05, 3.63) is 60.4 Å². The van der Waals surface area contributed by atoms with E-state index in [2.05, 4.69) is 11.7 Å². The minimum atomic E-state index is -2.74. The summed E-state index contributed by atoms with van der Waals surface area (Å²) in [5, 5.41) is 3.78. The summed E-state index contributed by atoms with van der Waals surface area (Å²) >= 11 is 0. The molecule has 0 aliphatic rings.